The van der Waals surface area contributed by atoms with Crippen molar-refractivity contribution in [2.45, 2.75) is 25.8 Å². The van der Waals surface area contributed by atoms with Crippen LogP contribution in [0.4, 0.5) is 5.69 Å². The Morgan fingerprint density at radius 2 is 1.80 bits per heavy atom. The Morgan fingerprint density at radius 1 is 1.10 bits per heavy atom. The van der Waals surface area contributed by atoms with Crippen LogP contribution >= 0.6 is 0 Å². The Balaban J connectivity index is 2.21. The van der Waals surface area contributed by atoms with E-state index in [1.807, 2.05) is 68.4 Å². The predicted molar refractivity (Wildman–Crippen MR) is 81.1 cm³/mol. The van der Waals surface area contributed by atoms with Gasteiger partial charge in [-0.25, -0.2) is 4.79 Å². The van der Waals surface area contributed by atoms with Crippen molar-refractivity contribution >= 4 is 11.7 Å². The number of aliphatic carboxylic acids is 1. The van der Waals surface area contributed by atoms with Crippen LogP contribution in [0.15, 0.2) is 54.6 Å². The number of carbonyl (C=O) groups is 1. The number of hydrogen-bond donors (Lipinski definition) is 2. The van der Waals surface area contributed by atoms with Crippen LogP contribution in [0.25, 0.3) is 0 Å². The highest BCUT2D eigenvalue weighted by Gasteiger charge is 2.25. The summed E-state index contributed by atoms with van der Waals surface area (Å²) in [6.07, 6.45) is 0. The average Bonchev–Trinajstić information content (AvgIpc) is 2.45. The summed E-state index contributed by atoms with van der Waals surface area (Å²) < 4.78 is 0. The van der Waals surface area contributed by atoms with Gasteiger partial charge in [-0.1, -0.05) is 49.4 Å². The van der Waals surface area contributed by atoms with E-state index in [1.165, 1.54) is 0 Å². The van der Waals surface area contributed by atoms with E-state index in [0.29, 0.717) is 0 Å². The molecule has 0 aliphatic heterocycles. The van der Waals surface area contributed by atoms with Crippen LogP contribution in [0.2, 0.25) is 0 Å². The van der Waals surface area contributed by atoms with E-state index in [1.54, 1.807) is 0 Å². The molecule has 20 heavy (non-hydrogen) atoms. The molecule has 2 aromatic rings. The predicted octanol–water partition coefficient (Wildman–Crippen LogP) is 3.66. The molecule has 2 aromatic carbocycles. The van der Waals surface area contributed by atoms with Gasteiger partial charge in [0.1, 0.15) is 6.04 Å². The molecular weight excluding hydrogens is 250 g/mol. The van der Waals surface area contributed by atoms with Gasteiger partial charge in [0, 0.05) is 11.6 Å². The molecule has 0 saturated carbocycles. The highest BCUT2D eigenvalue weighted by atomic mass is 16.4. The minimum atomic E-state index is -0.845. The van der Waals surface area contributed by atoms with Gasteiger partial charge < -0.3 is 10.4 Å². The van der Waals surface area contributed by atoms with E-state index in [4.69, 9.17) is 0 Å². The first kappa shape index (κ1) is 14.1. The number of carboxylic acid groups (broad SMARTS) is 1. The second kappa shape index (κ2) is 6.24. The third-order valence-corrected chi connectivity index (χ3v) is 3.43. The molecule has 0 heterocycles. The van der Waals surface area contributed by atoms with Crippen LogP contribution in [-0.4, -0.2) is 17.1 Å². The van der Waals surface area contributed by atoms with E-state index in [9.17, 15) is 9.90 Å². The summed E-state index contributed by atoms with van der Waals surface area (Å²) >= 11 is 0. The highest BCUT2D eigenvalue weighted by molar-refractivity contribution is 5.78. The quantitative estimate of drug-likeness (QED) is 0.870. The monoisotopic (exact) mass is 269 g/mol. The third-order valence-electron chi connectivity index (χ3n) is 3.43. The maximum atomic E-state index is 11.5. The number of hydrogen-bond acceptors (Lipinski definition) is 2. The van der Waals surface area contributed by atoms with Crippen LogP contribution in [0.1, 0.15) is 24.0 Å². The van der Waals surface area contributed by atoms with Crippen LogP contribution in [0.3, 0.4) is 0 Å². The summed E-state index contributed by atoms with van der Waals surface area (Å²) in [5.41, 5.74) is 2.95. The van der Waals surface area contributed by atoms with E-state index < -0.39 is 12.0 Å². The fourth-order valence-electron chi connectivity index (χ4n) is 2.26. The van der Waals surface area contributed by atoms with Crippen molar-refractivity contribution < 1.29 is 9.90 Å². The Kier molecular flexibility index (Phi) is 4.41. The molecule has 2 rings (SSSR count). The topological polar surface area (TPSA) is 49.3 Å². The Bertz CT molecular complexity index is 581. The number of benzene rings is 2. The minimum absolute atomic E-state index is 0.116. The molecule has 0 bridgehead atoms. The zero-order valence-corrected chi connectivity index (χ0v) is 11.7. The molecule has 0 aliphatic carbocycles. The Labute approximate surface area is 119 Å². The molecule has 2 N–H and O–H groups in total. The van der Waals surface area contributed by atoms with Gasteiger partial charge in [0.2, 0.25) is 0 Å². The first-order valence-corrected chi connectivity index (χ1v) is 6.69. The second-order valence-corrected chi connectivity index (χ2v) is 5.03. The zero-order chi connectivity index (χ0) is 14.5. The lowest BCUT2D eigenvalue weighted by molar-refractivity contribution is -0.138. The molecule has 3 nitrogen and oxygen atoms in total. The normalized spacial score (nSPS) is 13.5. The van der Waals surface area contributed by atoms with Crippen molar-refractivity contribution in [2.24, 2.45) is 0 Å². The standard InChI is InChI=1S/C17H19NO2/c1-12-7-6-10-15(11-12)18-16(17(19)20)13(2)14-8-4-3-5-9-14/h3-11,13,16,18H,1-2H3,(H,19,20). The van der Waals surface area contributed by atoms with Gasteiger partial charge in [-0.15, -0.1) is 0 Å². The SMILES string of the molecule is Cc1cccc(NC(C(=O)O)C(C)c2ccccc2)c1. The summed E-state index contributed by atoms with van der Waals surface area (Å²) in [5.74, 6) is -0.961. The molecule has 2 unspecified atom stereocenters. The summed E-state index contributed by atoms with van der Waals surface area (Å²) in [4.78, 5) is 11.5. The fraction of sp³-hybridized carbons (Fsp3) is 0.235. The Hall–Kier alpha value is -2.29. The second-order valence-electron chi connectivity index (χ2n) is 5.03. The molecule has 0 spiro atoms. The van der Waals surface area contributed by atoms with E-state index in [2.05, 4.69) is 5.32 Å². The Morgan fingerprint density at radius 3 is 2.40 bits per heavy atom. The molecule has 2 atom stereocenters. The van der Waals surface area contributed by atoms with Crippen LogP contribution in [0.5, 0.6) is 0 Å². The number of anilines is 1. The van der Waals surface area contributed by atoms with Crippen molar-refractivity contribution in [3.63, 3.8) is 0 Å². The largest absolute Gasteiger partial charge is 0.480 e. The van der Waals surface area contributed by atoms with E-state index >= 15 is 0 Å². The zero-order valence-electron chi connectivity index (χ0n) is 11.7. The highest BCUT2D eigenvalue weighted by Crippen LogP contribution is 2.23. The first-order chi connectivity index (χ1) is 9.58. The molecule has 0 amide bonds. The molecule has 0 aliphatic rings. The third kappa shape index (κ3) is 3.38. The van der Waals surface area contributed by atoms with Crippen molar-refractivity contribution in [3.05, 3.63) is 65.7 Å². The van der Waals surface area contributed by atoms with Gasteiger partial charge in [-0.3, -0.25) is 0 Å². The van der Waals surface area contributed by atoms with Gasteiger partial charge in [0.15, 0.2) is 0 Å². The molecule has 0 radical (unpaired) electrons. The van der Waals surface area contributed by atoms with E-state index in [0.717, 1.165) is 16.8 Å². The summed E-state index contributed by atoms with van der Waals surface area (Å²) in [6, 6.07) is 16.8. The van der Waals surface area contributed by atoms with Crippen LogP contribution < -0.4 is 5.32 Å². The number of rotatable bonds is 5. The molecular formula is C17H19NO2. The van der Waals surface area contributed by atoms with Crippen LogP contribution in [0, 0.1) is 6.92 Å². The fourth-order valence-corrected chi connectivity index (χ4v) is 2.26. The average molecular weight is 269 g/mol. The van der Waals surface area contributed by atoms with Crippen LogP contribution in [-0.2, 0) is 4.79 Å². The van der Waals surface area contributed by atoms with Gasteiger partial charge in [-0.05, 0) is 30.2 Å². The number of carboxylic acids is 1. The summed E-state index contributed by atoms with van der Waals surface area (Å²) in [7, 11) is 0. The van der Waals surface area contributed by atoms with Crippen molar-refractivity contribution in [1.29, 1.82) is 0 Å². The smallest absolute Gasteiger partial charge is 0.326 e. The summed E-state index contributed by atoms with van der Waals surface area (Å²) in [5, 5.41) is 12.6. The molecule has 0 saturated heterocycles. The summed E-state index contributed by atoms with van der Waals surface area (Å²) in [6.45, 7) is 3.92. The minimum Gasteiger partial charge on any atom is -0.480 e. The van der Waals surface area contributed by atoms with Crippen molar-refractivity contribution in [2.75, 3.05) is 5.32 Å². The van der Waals surface area contributed by atoms with Crippen molar-refractivity contribution in [3.8, 4) is 0 Å². The molecule has 0 fully saturated rings. The lowest BCUT2D eigenvalue weighted by Gasteiger charge is -2.23. The van der Waals surface area contributed by atoms with Gasteiger partial charge >= 0.3 is 5.97 Å². The molecule has 3 heteroatoms. The van der Waals surface area contributed by atoms with Gasteiger partial charge in [0.25, 0.3) is 0 Å². The number of aryl methyl sites for hydroxylation is 1. The van der Waals surface area contributed by atoms with Gasteiger partial charge in [-0.2, -0.15) is 0 Å². The van der Waals surface area contributed by atoms with Crippen molar-refractivity contribution in [1.82, 2.24) is 0 Å². The maximum absolute atomic E-state index is 11.5. The molecule has 0 aromatic heterocycles. The lowest BCUT2D eigenvalue weighted by Crippen LogP contribution is -2.34. The van der Waals surface area contributed by atoms with E-state index in [-0.39, 0.29) is 5.92 Å². The first-order valence-electron chi connectivity index (χ1n) is 6.69. The molecule has 104 valence electrons. The lowest BCUT2D eigenvalue weighted by atomic mass is 9.93. The number of nitrogens with one attached hydrogen (secondary N) is 1. The van der Waals surface area contributed by atoms with Gasteiger partial charge in [0.05, 0.1) is 0 Å². The maximum Gasteiger partial charge on any atom is 0.326 e.